The molecule has 1 rings (SSSR count). The van der Waals surface area contributed by atoms with Crippen LogP contribution < -0.4 is 0 Å². The van der Waals surface area contributed by atoms with E-state index in [1.807, 2.05) is 6.92 Å². The van der Waals surface area contributed by atoms with Crippen LogP contribution in [0.1, 0.15) is 19.8 Å². The summed E-state index contributed by atoms with van der Waals surface area (Å²) in [5.41, 5.74) is 0. The summed E-state index contributed by atoms with van der Waals surface area (Å²) in [6.45, 7) is 2.88. The van der Waals surface area contributed by atoms with Crippen LogP contribution in [0, 0.1) is 5.92 Å². The minimum Gasteiger partial charge on any atom is -0.394 e. The van der Waals surface area contributed by atoms with Gasteiger partial charge in [-0.25, -0.2) is 0 Å². The summed E-state index contributed by atoms with van der Waals surface area (Å²) >= 11 is 0. The first-order valence-electron chi connectivity index (χ1n) is 3.61. The van der Waals surface area contributed by atoms with Gasteiger partial charge in [-0.3, -0.25) is 0 Å². The minimum atomic E-state index is 0.134. The summed E-state index contributed by atoms with van der Waals surface area (Å²) in [4.78, 5) is 0. The Balaban J connectivity index is 2.12. The second-order valence-electron chi connectivity index (χ2n) is 2.51. The second-order valence-corrected chi connectivity index (χ2v) is 2.51. The van der Waals surface area contributed by atoms with Gasteiger partial charge in [0, 0.05) is 6.61 Å². The average Bonchev–Trinajstić information content (AvgIpc) is 2.64. The SMILES string of the molecule is CCO[C@@H](CO)C1CC1. The topological polar surface area (TPSA) is 29.5 Å². The highest BCUT2D eigenvalue weighted by Crippen LogP contribution is 2.33. The molecule has 54 valence electrons. The number of hydrogen-bond acceptors (Lipinski definition) is 2. The molecule has 0 amide bonds. The second kappa shape index (κ2) is 3.18. The minimum absolute atomic E-state index is 0.134. The first kappa shape index (κ1) is 7.03. The summed E-state index contributed by atoms with van der Waals surface area (Å²) in [6.07, 6.45) is 2.62. The van der Waals surface area contributed by atoms with E-state index in [0.29, 0.717) is 5.92 Å². The predicted molar refractivity (Wildman–Crippen MR) is 35.2 cm³/mol. The first-order valence-corrected chi connectivity index (χ1v) is 3.61. The smallest absolute Gasteiger partial charge is 0.0833 e. The summed E-state index contributed by atoms with van der Waals surface area (Å²) in [5, 5.41) is 8.74. The van der Waals surface area contributed by atoms with Crippen molar-refractivity contribution in [3.63, 3.8) is 0 Å². The molecule has 1 aliphatic carbocycles. The summed E-state index contributed by atoms with van der Waals surface area (Å²) in [6, 6.07) is 0. The van der Waals surface area contributed by atoms with Gasteiger partial charge in [0.25, 0.3) is 0 Å². The van der Waals surface area contributed by atoms with E-state index in [-0.39, 0.29) is 12.7 Å². The Morgan fingerprint density at radius 3 is 2.67 bits per heavy atom. The van der Waals surface area contributed by atoms with Crippen molar-refractivity contribution in [2.45, 2.75) is 25.9 Å². The Morgan fingerprint density at radius 2 is 2.33 bits per heavy atom. The fraction of sp³-hybridized carbons (Fsp3) is 1.00. The van der Waals surface area contributed by atoms with Gasteiger partial charge in [-0.15, -0.1) is 0 Å². The fourth-order valence-corrected chi connectivity index (χ4v) is 1.02. The highest BCUT2D eigenvalue weighted by molar-refractivity contribution is 4.81. The van der Waals surface area contributed by atoms with Gasteiger partial charge in [0.05, 0.1) is 12.7 Å². The molecule has 0 aliphatic heterocycles. The van der Waals surface area contributed by atoms with E-state index in [1.54, 1.807) is 0 Å². The van der Waals surface area contributed by atoms with Gasteiger partial charge in [-0.1, -0.05) is 0 Å². The zero-order valence-corrected chi connectivity index (χ0v) is 5.84. The van der Waals surface area contributed by atoms with Gasteiger partial charge in [-0.2, -0.15) is 0 Å². The monoisotopic (exact) mass is 130 g/mol. The summed E-state index contributed by atoms with van der Waals surface area (Å²) < 4.78 is 5.27. The molecule has 0 saturated heterocycles. The van der Waals surface area contributed by atoms with Crippen LogP contribution in [0.5, 0.6) is 0 Å². The Morgan fingerprint density at radius 1 is 1.67 bits per heavy atom. The van der Waals surface area contributed by atoms with Crippen molar-refractivity contribution in [3.8, 4) is 0 Å². The molecule has 1 N–H and O–H groups in total. The number of rotatable bonds is 4. The van der Waals surface area contributed by atoms with Crippen molar-refractivity contribution in [1.82, 2.24) is 0 Å². The van der Waals surface area contributed by atoms with E-state index < -0.39 is 0 Å². The average molecular weight is 130 g/mol. The van der Waals surface area contributed by atoms with Crippen molar-refractivity contribution in [1.29, 1.82) is 0 Å². The maximum atomic E-state index is 8.74. The zero-order valence-electron chi connectivity index (χ0n) is 5.84. The molecule has 0 heterocycles. The molecule has 1 aliphatic rings. The van der Waals surface area contributed by atoms with Crippen LogP contribution in [0.4, 0.5) is 0 Å². The quantitative estimate of drug-likeness (QED) is 0.609. The van der Waals surface area contributed by atoms with E-state index in [4.69, 9.17) is 9.84 Å². The van der Waals surface area contributed by atoms with Crippen LogP contribution in [0.3, 0.4) is 0 Å². The van der Waals surface area contributed by atoms with Crippen LogP contribution >= 0.6 is 0 Å². The molecule has 1 fully saturated rings. The molecule has 0 radical (unpaired) electrons. The summed E-state index contributed by atoms with van der Waals surface area (Å²) in [5.74, 6) is 0.662. The highest BCUT2D eigenvalue weighted by Gasteiger charge is 2.30. The van der Waals surface area contributed by atoms with Gasteiger partial charge in [0.15, 0.2) is 0 Å². The van der Waals surface area contributed by atoms with Crippen LogP contribution in [-0.4, -0.2) is 24.4 Å². The van der Waals surface area contributed by atoms with Gasteiger partial charge in [-0.05, 0) is 25.7 Å². The van der Waals surface area contributed by atoms with Gasteiger partial charge in [0.2, 0.25) is 0 Å². The van der Waals surface area contributed by atoms with Gasteiger partial charge < -0.3 is 9.84 Å². The van der Waals surface area contributed by atoms with Crippen LogP contribution in [-0.2, 0) is 4.74 Å². The molecular formula is C7H14O2. The number of hydrogen-bond donors (Lipinski definition) is 1. The predicted octanol–water partition coefficient (Wildman–Crippen LogP) is 0.794. The molecule has 0 aromatic heterocycles. The van der Waals surface area contributed by atoms with E-state index in [2.05, 4.69) is 0 Å². The molecule has 0 bridgehead atoms. The van der Waals surface area contributed by atoms with E-state index >= 15 is 0 Å². The Labute approximate surface area is 55.8 Å². The number of aliphatic hydroxyl groups excluding tert-OH is 1. The lowest BCUT2D eigenvalue weighted by molar-refractivity contribution is 0.00638. The van der Waals surface area contributed by atoms with Crippen LogP contribution in [0.2, 0.25) is 0 Å². The standard InChI is InChI=1S/C7H14O2/c1-2-9-7(5-8)6-3-4-6/h6-8H,2-5H2,1H3/t7-/m0/s1. The van der Waals surface area contributed by atoms with E-state index in [0.717, 1.165) is 6.61 Å². The zero-order chi connectivity index (χ0) is 6.69. The van der Waals surface area contributed by atoms with Crippen molar-refractivity contribution in [3.05, 3.63) is 0 Å². The molecule has 0 spiro atoms. The lowest BCUT2D eigenvalue weighted by Crippen LogP contribution is -2.19. The molecule has 0 aromatic carbocycles. The normalized spacial score (nSPS) is 22.0. The number of ether oxygens (including phenoxy) is 1. The molecule has 9 heavy (non-hydrogen) atoms. The molecule has 2 nitrogen and oxygen atoms in total. The van der Waals surface area contributed by atoms with Crippen LogP contribution in [0.25, 0.3) is 0 Å². The van der Waals surface area contributed by atoms with Crippen molar-refractivity contribution in [2.24, 2.45) is 5.92 Å². The van der Waals surface area contributed by atoms with Crippen molar-refractivity contribution < 1.29 is 9.84 Å². The Kier molecular flexibility index (Phi) is 2.49. The molecular weight excluding hydrogens is 116 g/mol. The molecule has 1 atom stereocenters. The third-order valence-electron chi connectivity index (χ3n) is 1.71. The van der Waals surface area contributed by atoms with Crippen molar-refractivity contribution in [2.75, 3.05) is 13.2 Å². The van der Waals surface area contributed by atoms with Gasteiger partial charge in [0.1, 0.15) is 0 Å². The Hall–Kier alpha value is -0.0800. The fourth-order valence-electron chi connectivity index (χ4n) is 1.02. The lowest BCUT2D eigenvalue weighted by Gasteiger charge is -2.11. The van der Waals surface area contributed by atoms with E-state index in [1.165, 1.54) is 12.8 Å². The van der Waals surface area contributed by atoms with Crippen molar-refractivity contribution >= 4 is 0 Å². The molecule has 2 heteroatoms. The van der Waals surface area contributed by atoms with Crippen LogP contribution in [0.15, 0.2) is 0 Å². The first-order chi connectivity index (χ1) is 4.38. The molecule has 1 saturated carbocycles. The molecule has 0 aromatic rings. The molecule has 0 unspecified atom stereocenters. The summed E-state index contributed by atoms with van der Waals surface area (Å²) in [7, 11) is 0. The van der Waals surface area contributed by atoms with E-state index in [9.17, 15) is 0 Å². The van der Waals surface area contributed by atoms with Gasteiger partial charge >= 0.3 is 0 Å². The lowest BCUT2D eigenvalue weighted by atomic mass is 10.2. The highest BCUT2D eigenvalue weighted by atomic mass is 16.5. The third kappa shape index (κ3) is 1.95. The number of aliphatic hydroxyl groups is 1. The Bertz CT molecular complexity index is 79.0. The third-order valence-corrected chi connectivity index (χ3v) is 1.71. The largest absolute Gasteiger partial charge is 0.394 e. The maximum Gasteiger partial charge on any atom is 0.0833 e. The maximum absolute atomic E-state index is 8.74.